The number of rotatable bonds is 4. The molecule has 0 spiro atoms. The summed E-state index contributed by atoms with van der Waals surface area (Å²) in [5.74, 6) is 0. The average Bonchev–Trinajstić information content (AvgIpc) is 3.06. The highest BCUT2D eigenvalue weighted by molar-refractivity contribution is 7.86. The van der Waals surface area contributed by atoms with Gasteiger partial charge in [0.15, 0.2) is 12.4 Å². The zero-order chi connectivity index (χ0) is 18.3. The Balaban J connectivity index is 1.56. The molecule has 0 radical (unpaired) electrons. The van der Waals surface area contributed by atoms with Gasteiger partial charge in [0.1, 0.15) is 18.2 Å². The van der Waals surface area contributed by atoms with Gasteiger partial charge >= 0.3 is 0 Å². The van der Waals surface area contributed by atoms with E-state index in [0.717, 1.165) is 31.5 Å². The lowest BCUT2D eigenvalue weighted by atomic mass is 9.94. The van der Waals surface area contributed by atoms with Crippen molar-refractivity contribution < 1.29 is 32.1 Å². The van der Waals surface area contributed by atoms with Crippen LogP contribution in [0.1, 0.15) is 24.8 Å². The van der Waals surface area contributed by atoms with Gasteiger partial charge in [-0.2, -0.15) is 8.42 Å². The van der Waals surface area contributed by atoms with E-state index in [4.69, 9.17) is 13.7 Å². The smallest absolute Gasteiger partial charge is 0.297 e. The molecule has 0 saturated carbocycles. The van der Waals surface area contributed by atoms with E-state index in [0.29, 0.717) is 6.61 Å². The Morgan fingerprint density at radius 1 is 1.15 bits per heavy atom. The highest BCUT2D eigenvalue weighted by Gasteiger charge is 2.56. The molecule has 2 bridgehead atoms. The van der Waals surface area contributed by atoms with Crippen LogP contribution in [0.25, 0.3) is 0 Å². The summed E-state index contributed by atoms with van der Waals surface area (Å²) in [5.41, 5.74) is 0.959. The summed E-state index contributed by atoms with van der Waals surface area (Å²) >= 11 is 0. The zero-order valence-corrected chi connectivity index (χ0v) is 15.7. The van der Waals surface area contributed by atoms with E-state index >= 15 is 0 Å². The fourth-order valence-corrected chi connectivity index (χ4v) is 5.32. The fraction of sp³-hybridized carbons (Fsp3) is 0.667. The summed E-state index contributed by atoms with van der Waals surface area (Å²) in [4.78, 5) is 1.32. The number of aliphatic hydroxyl groups excluding tert-OH is 1. The number of ether oxygens (including phenoxy) is 2. The van der Waals surface area contributed by atoms with Crippen LogP contribution in [-0.4, -0.2) is 63.9 Å². The first kappa shape index (κ1) is 18.3. The van der Waals surface area contributed by atoms with Crippen molar-refractivity contribution in [1.29, 1.82) is 0 Å². The third-order valence-electron chi connectivity index (χ3n) is 5.62. The van der Waals surface area contributed by atoms with Gasteiger partial charge in [0.2, 0.25) is 0 Å². The van der Waals surface area contributed by atoms with Gasteiger partial charge in [0, 0.05) is 0 Å². The first-order valence-corrected chi connectivity index (χ1v) is 10.7. The lowest BCUT2D eigenvalue weighted by Gasteiger charge is -2.41. The highest BCUT2D eigenvalue weighted by atomic mass is 32.2. The molecule has 7 nitrogen and oxygen atoms in total. The maximum atomic E-state index is 12.7. The Hall–Kier alpha value is -1.03. The lowest BCUT2D eigenvalue weighted by Crippen LogP contribution is -3.19. The highest BCUT2D eigenvalue weighted by Crippen LogP contribution is 2.31. The van der Waals surface area contributed by atoms with E-state index in [2.05, 4.69) is 0 Å². The summed E-state index contributed by atoms with van der Waals surface area (Å²) in [6, 6.07) is 6.21. The molecular weight excluding hydrogens is 358 g/mol. The first-order valence-electron chi connectivity index (χ1n) is 9.25. The molecule has 0 unspecified atom stereocenters. The van der Waals surface area contributed by atoms with Crippen LogP contribution in [-0.2, 0) is 23.8 Å². The Morgan fingerprint density at radius 2 is 1.85 bits per heavy atom. The molecule has 144 valence electrons. The van der Waals surface area contributed by atoms with Gasteiger partial charge in [-0.3, -0.25) is 4.18 Å². The maximum Gasteiger partial charge on any atom is 0.297 e. The van der Waals surface area contributed by atoms with Gasteiger partial charge in [-0.25, -0.2) is 0 Å². The fourth-order valence-electron chi connectivity index (χ4n) is 4.24. The van der Waals surface area contributed by atoms with E-state index in [1.165, 1.54) is 23.5 Å². The molecule has 5 atom stereocenters. The van der Waals surface area contributed by atoms with Gasteiger partial charge in [-0.15, -0.1) is 0 Å². The van der Waals surface area contributed by atoms with Crippen LogP contribution < -0.4 is 4.90 Å². The first-order chi connectivity index (χ1) is 12.5. The number of hydrogen-bond acceptors (Lipinski definition) is 6. The number of benzene rings is 1. The van der Waals surface area contributed by atoms with Crippen molar-refractivity contribution in [2.24, 2.45) is 0 Å². The van der Waals surface area contributed by atoms with Gasteiger partial charge in [-0.1, -0.05) is 17.7 Å². The van der Waals surface area contributed by atoms with Crippen molar-refractivity contribution in [3.8, 4) is 0 Å². The molecule has 1 aromatic carbocycles. The van der Waals surface area contributed by atoms with E-state index in [1.807, 2.05) is 6.92 Å². The van der Waals surface area contributed by atoms with Gasteiger partial charge < -0.3 is 19.5 Å². The van der Waals surface area contributed by atoms with Crippen molar-refractivity contribution in [3.63, 3.8) is 0 Å². The summed E-state index contributed by atoms with van der Waals surface area (Å²) in [7, 11) is -4.02. The minimum Gasteiger partial charge on any atom is -0.384 e. The average molecular weight is 384 g/mol. The summed E-state index contributed by atoms with van der Waals surface area (Å²) in [6.45, 7) is 4.14. The number of aryl methyl sites for hydroxylation is 1. The third kappa shape index (κ3) is 3.42. The zero-order valence-electron chi connectivity index (χ0n) is 14.8. The molecule has 4 rings (SSSR count). The van der Waals surface area contributed by atoms with Crippen LogP contribution >= 0.6 is 0 Å². The number of piperidine rings is 1. The molecule has 2 N–H and O–H groups in total. The molecule has 1 aromatic rings. The van der Waals surface area contributed by atoms with Crippen molar-refractivity contribution in [1.82, 2.24) is 0 Å². The third-order valence-corrected chi connectivity index (χ3v) is 6.95. The van der Waals surface area contributed by atoms with Gasteiger partial charge in [-0.05, 0) is 38.3 Å². The molecule has 0 aliphatic carbocycles. The number of nitrogens with one attached hydrogen (secondary N) is 1. The molecule has 0 amide bonds. The molecular formula is C18H26NO6S+. The second kappa shape index (κ2) is 7.18. The van der Waals surface area contributed by atoms with E-state index in [1.54, 1.807) is 12.1 Å². The van der Waals surface area contributed by atoms with Gasteiger partial charge in [0.05, 0.1) is 24.6 Å². The SMILES string of the molecule is Cc1ccc(S(=O)(=O)O[C@H]2[C@H]3OC[C@H](O3)[C@@H]([NH+]3CCCCC3)[C@H]2O)cc1. The molecule has 0 aromatic heterocycles. The maximum absolute atomic E-state index is 12.7. The Labute approximate surface area is 154 Å². The molecule has 3 fully saturated rings. The molecule has 8 heteroatoms. The molecule has 3 aliphatic heterocycles. The minimum atomic E-state index is -4.02. The monoisotopic (exact) mass is 384 g/mol. The predicted molar refractivity (Wildman–Crippen MR) is 92.2 cm³/mol. The van der Waals surface area contributed by atoms with E-state index < -0.39 is 28.6 Å². The Morgan fingerprint density at radius 3 is 2.54 bits per heavy atom. The number of fused-ring (bicyclic) bond motifs is 2. The van der Waals surface area contributed by atoms with Crippen LogP contribution in [0.2, 0.25) is 0 Å². The van der Waals surface area contributed by atoms with Crippen LogP contribution in [0.15, 0.2) is 29.2 Å². The molecule has 3 saturated heterocycles. The molecule has 26 heavy (non-hydrogen) atoms. The minimum absolute atomic E-state index is 0.0669. The van der Waals surface area contributed by atoms with Crippen molar-refractivity contribution in [2.45, 2.75) is 61.7 Å². The van der Waals surface area contributed by atoms with Crippen molar-refractivity contribution in [3.05, 3.63) is 29.8 Å². The Bertz CT molecular complexity index is 731. The largest absolute Gasteiger partial charge is 0.384 e. The van der Waals surface area contributed by atoms with E-state index in [-0.39, 0.29) is 17.0 Å². The molecule has 3 heterocycles. The number of likely N-dealkylation sites (tertiary alicyclic amines) is 1. The quantitative estimate of drug-likeness (QED) is 0.689. The summed E-state index contributed by atoms with van der Waals surface area (Å²) < 4.78 is 42.2. The van der Waals surface area contributed by atoms with Crippen LogP contribution in [0.3, 0.4) is 0 Å². The molecule has 3 aliphatic rings. The van der Waals surface area contributed by atoms with E-state index in [9.17, 15) is 13.5 Å². The standard InChI is InChI=1S/C18H25NO6S/c1-12-5-7-13(8-6-12)26(21,22)25-17-16(20)15(14-11-23-18(17)24-14)19-9-3-2-4-10-19/h5-8,14-18,20H,2-4,9-11H2,1H3/p+1/t14-,15+,16+,17+,18-/m0/s1. The van der Waals surface area contributed by atoms with Crippen molar-refractivity contribution in [2.75, 3.05) is 19.7 Å². The normalized spacial score (nSPS) is 35.5. The second-order valence-electron chi connectivity index (χ2n) is 7.44. The number of hydrogen-bond donors (Lipinski definition) is 2. The second-order valence-corrected chi connectivity index (χ2v) is 9.01. The van der Waals surface area contributed by atoms with Crippen LogP contribution in [0, 0.1) is 6.92 Å². The summed E-state index contributed by atoms with van der Waals surface area (Å²) in [5, 5.41) is 10.9. The summed E-state index contributed by atoms with van der Waals surface area (Å²) in [6.07, 6.45) is 0.319. The van der Waals surface area contributed by atoms with Crippen LogP contribution in [0.5, 0.6) is 0 Å². The van der Waals surface area contributed by atoms with Crippen molar-refractivity contribution >= 4 is 10.1 Å². The van der Waals surface area contributed by atoms with Crippen LogP contribution in [0.4, 0.5) is 0 Å². The Kier molecular flexibility index (Phi) is 5.06. The van der Waals surface area contributed by atoms with Gasteiger partial charge in [0.25, 0.3) is 10.1 Å². The number of quaternary nitrogens is 1. The number of aliphatic hydroxyl groups is 1. The topological polar surface area (TPSA) is 86.5 Å². The predicted octanol–water partition coefficient (Wildman–Crippen LogP) is -0.378. The lowest BCUT2D eigenvalue weighted by molar-refractivity contribution is -0.938.